The molecule has 0 fully saturated rings. The van der Waals surface area contributed by atoms with Crippen molar-refractivity contribution in [3.8, 4) is 0 Å². The fourth-order valence-corrected chi connectivity index (χ4v) is 4.64. The largest absolute Gasteiger partial charge is 0.298 e. The van der Waals surface area contributed by atoms with E-state index in [2.05, 4.69) is 15.0 Å². The van der Waals surface area contributed by atoms with Gasteiger partial charge in [-0.1, -0.05) is 24.6 Å². The smallest absolute Gasteiger partial charge is 0.261 e. The molecule has 146 valence electrons. The van der Waals surface area contributed by atoms with E-state index in [0.717, 1.165) is 17.0 Å². The molecule has 0 unspecified atom stereocenters. The van der Waals surface area contributed by atoms with Gasteiger partial charge in [0.15, 0.2) is 5.13 Å². The molecule has 2 aromatic carbocycles. The number of anilines is 2. The summed E-state index contributed by atoms with van der Waals surface area (Å²) >= 11 is 7.21. The number of carbonyl (C=O) groups excluding carboxylic acids is 1. The molecule has 0 saturated heterocycles. The van der Waals surface area contributed by atoms with E-state index in [1.54, 1.807) is 30.3 Å². The lowest BCUT2D eigenvalue weighted by molar-refractivity contribution is 0.102. The van der Waals surface area contributed by atoms with E-state index < -0.39 is 15.9 Å². The predicted molar refractivity (Wildman–Crippen MR) is 113 cm³/mol. The van der Waals surface area contributed by atoms with Crippen molar-refractivity contribution in [3.63, 3.8) is 0 Å². The number of benzene rings is 2. The molecule has 6 nitrogen and oxygen atoms in total. The summed E-state index contributed by atoms with van der Waals surface area (Å²) in [5.74, 6) is -0.417. The molecule has 1 heterocycles. The second-order valence-electron chi connectivity index (χ2n) is 5.97. The second-order valence-corrected chi connectivity index (χ2v) is 9.29. The van der Waals surface area contributed by atoms with Gasteiger partial charge in [0.1, 0.15) is 0 Å². The van der Waals surface area contributed by atoms with E-state index in [-0.39, 0.29) is 10.5 Å². The Balaban J connectivity index is 1.80. The molecule has 3 rings (SSSR count). The van der Waals surface area contributed by atoms with Gasteiger partial charge in [-0.05, 0) is 55.8 Å². The van der Waals surface area contributed by atoms with Gasteiger partial charge in [-0.2, -0.15) is 0 Å². The van der Waals surface area contributed by atoms with Crippen LogP contribution in [0, 0.1) is 6.92 Å². The number of amides is 1. The third kappa shape index (κ3) is 4.70. The number of carbonyl (C=O) groups is 1. The van der Waals surface area contributed by atoms with Gasteiger partial charge in [0.25, 0.3) is 15.9 Å². The number of aromatic nitrogens is 1. The van der Waals surface area contributed by atoms with Crippen LogP contribution in [-0.2, 0) is 16.4 Å². The first-order valence-electron chi connectivity index (χ1n) is 8.44. The van der Waals surface area contributed by atoms with E-state index in [9.17, 15) is 13.2 Å². The van der Waals surface area contributed by atoms with Crippen LogP contribution in [0.1, 0.15) is 27.9 Å². The Hall–Kier alpha value is -2.42. The van der Waals surface area contributed by atoms with Crippen LogP contribution < -0.4 is 10.0 Å². The predicted octanol–water partition coefficient (Wildman–Crippen LogP) is 4.72. The van der Waals surface area contributed by atoms with Gasteiger partial charge in [0.05, 0.1) is 10.6 Å². The van der Waals surface area contributed by atoms with Crippen molar-refractivity contribution in [2.45, 2.75) is 25.2 Å². The topological polar surface area (TPSA) is 88.2 Å². The Morgan fingerprint density at radius 1 is 1.18 bits per heavy atom. The van der Waals surface area contributed by atoms with Crippen molar-refractivity contribution in [3.05, 3.63) is 69.7 Å². The standard InChI is InChI=1S/C19H18ClN3O3S2/c1-3-17-12(2)27-19(21-17)22-18(24)13-5-4-6-16(11-13)28(25,26)23-15-9-7-14(20)8-10-15/h4-11,23H,3H2,1-2H3,(H,21,22,24). The highest BCUT2D eigenvalue weighted by Gasteiger charge is 2.17. The summed E-state index contributed by atoms with van der Waals surface area (Å²) in [5.41, 5.74) is 1.54. The summed E-state index contributed by atoms with van der Waals surface area (Å²) in [4.78, 5) is 17.9. The number of hydrogen-bond acceptors (Lipinski definition) is 5. The molecule has 9 heteroatoms. The average molecular weight is 436 g/mol. The molecule has 1 aromatic heterocycles. The second kappa shape index (κ2) is 8.30. The zero-order valence-electron chi connectivity index (χ0n) is 15.2. The Labute approximate surface area is 172 Å². The highest BCUT2D eigenvalue weighted by molar-refractivity contribution is 7.92. The third-order valence-electron chi connectivity index (χ3n) is 3.95. The van der Waals surface area contributed by atoms with E-state index in [0.29, 0.717) is 15.8 Å². The van der Waals surface area contributed by atoms with Gasteiger partial charge in [0.2, 0.25) is 0 Å². The van der Waals surface area contributed by atoms with Gasteiger partial charge in [-0.15, -0.1) is 11.3 Å². The fraction of sp³-hybridized carbons (Fsp3) is 0.158. The highest BCUT2D eigenvalue weighted by Crippen LogP contribution is 2.24. The normalized spacial score (nSPS) is 11.2. The maximum absolute atomic E-state index is 12.6. The molecule has 3 aromatic rings. The highest BCUT2D eigenvalue weighted by atomic mass is 35.5. The van der Waals surface area contributed by atoms with Crippen LogP contribution in [0.3, 0.4) is 0 Å². The molecule has 2 N–H and O–H groups in total. The first-order valence-corrected chi connectivity index (χ1v) is 11.1. The van der Waals surface area contributed by atoms with Crippen molar-refractivity contribution >= 4 is 49.7 Å². The maximum atomic E-state index is 12.6. The Bertz CT molecular complexity index is 1110. The van der Waals surface area contributed by atoms with Crippen LogP contribution in [0.4, 0.5) is 10.8 Å². The molecule has 0 spiro atoms. The zero-order chi connectivity index (χ0) is 20.3. The lowest BCUT2D eigenvalue weighted by Crippen LogP contribution is -2.16. The number of nitrogens with zero attached hydrogens (tertiary/aromatic N) is 1. The first-order chi connectivity index (χ1) is 13.3. The number of halogens is 1. The minimum Gasteiger partial charge on any atom is -0.298 e. The molecule has 0 radical (unpaired) electrons. The number of rotatable bonds is 6. The summed E-state index contributed by atoms with van der Waals surface area (Å²) in [6.07, 6.45) is 0.780. The molecular weight excluding hydrogens is 418 g/mol. The molecule has 0 saturated carbocycles. The number of hydrogen-bond donors (Lipinski definition) is 2. The van der Waals surface area contributed by atoms with E-state index >= 15 is 0 Å². The monoisotopic (exact) mass is 435 g/mol. The Kier molecular flexibility index (Phi) is 6.02. The van der Waals surface area contributed by atoms with Gasteiger partial charge < -0.3 is 0 Å². The summed E-state index contributed by atoms with van der Waals surface area (Å²) in [7, 11) is -3.85. The molecular formula is C19H18ClN3O3S2. The maximum Gasteiger partial charge on any atom is 0.261 e. The number of aryl methyl sites for hydroxylation is 2. The average Bonchev–Trinajstić information content (AvgIpc) is 3.02. The first kappa shape index (κ1) is 20.3. The molecule has 28 heavy (non-hydrogen) atoms. The SMILES string of the molecule is CCc1nc(NC(=O)c2cccc(S(=O)(=O)Nc3ccc(Cl)cc3)c2)sc1C. The van der Waals surface area contributed by atoms with Crippen molar-refractivity contribution in [2.75, 3.05) is 10.0 Å². The minimum atomic E-state index is -3.85. The molecule has 0 bridgehead atoms. The van der Waals surface area contributed by atoms with E-state index in [1.807, 2.05) is 13.8 Å². The van der Waals surface area contributed by atoms with Gasteiger partial charge >= 0.3 is 0 Å². The van der Waals surface area contributed by atoms with E-state index in [1.165, 1.54) is 29.5 Å². The van der Waals surface area contributed by atoms with Crippen molar-refractivity contribution < 1.29 is 13.2 Å². The van der Waals surface area contributed by atoms with Gasteiger partial charge in [-0.3, -0.25) is 14.8 Å². The lowest BCUT2D eigenvalue weighted by atomic mass is 10.2. The van der Waals surface area contributed by atoms with Crippen LogP contribution in [-0.4, -0.2) is 19.3 Å². The summed E-state index contributed by atoms with van der Waals surface area (Å²) in [5, 5.41) is 3.72. The van der Waals surface area contributed by atoms with Crippen molar-refractivity contribution in [1.29, 1.82) is 0 Å². The Morgan fingerprint density at radius 2 is 1.89 bits per heavy atom. The lowest BCUT2D eigenvalue weighted by Gasteiger charge is -2.09. The van der Waals surface area contributed by atoms with Crippen LogP contribution in [0.15, 0.2) is 53.4 Å². The molecule has 0 aliphatic carbocycles. The van der Waals surface area contributed by atoms with Gasteiger partial charge in [-0.25, -0.2) is 13.4 Å². The van der Waals surface area contributed by atoms with Crippen LogP contribution in [0.2, 0.25) is 5.02 Å². The minimum absolute atomic E-state index is 0.0142. The summed E-state index contributed by atoms with van der Waals surface area (Å²) in [6.45, 7) is 3.94. The quantitative estimate of drug-likeness (QED) is 0.586. The summed E-state index contributed by atoms with van der Waals surface area (Å²) in [6, 6.07) is 12.1. The molecule has 0 atom stereocenters. The summed E-state index contributed by atoms with van der Waals surface area (Å²) < 4.78 is 27.7. The molecule has 0 aliphatic rings. The van der Waals surface area contributed by atoms with Crippen molar-refractivity contribution in [1.82, 2.24) is 4.98 Å². The zero-order valence-corrected chi connectivity index (χ0v) is 17.6. The fourth-order valence-electron chi connectivity index (χ4n) is 2.52. The number of sulfonamides is 1. The van der Waals surface area contributed by atoms with Crippen molar-refractivity contribution in [2.24, 2.45) is 0 Å². The Morgan fingerprint density at radius 3 is 2.54 bits per heavy atom. The molecule has 0 aliphatic heterocycles. The number of nitrogens with one attached hydrogen (secondary N) is 2. The number of thiazole rings is 1. The van der Waals surface area contributed by atoms with Crippen LogP contribution in [0.25, 0.3) is 0 Å². The third-order valence-corrected chi connectivity index (χ3v) is 6.51. The van der Waals surface area contributed by atoms with E-state index in [4.69, 9.17) is 11.6 Å². The van der Waals surface area contributed by atoms with Crippen LogP contribution >= 0.6 is 22.9 Å². The van der Waals surface area contributed by atoms with Crippen LogP contribution in [0.5, 0.6) is 0 Å². The molecule has 1 amide bonds. The van der Waals surface area contributed by atoms with Gasteiger partial charge in [0, 0.05) is 21.2 Å².